The number of aromatic nitrogens is 3. The number of hydrogen-bond acceptors (Lipinski definition) is 11. The molecule has 4 rings (SSSR count). The molecule has 0 aliphatic rings. The Morgan fingerprint density at radius 3 is 2.37 bits per heavy atom. The Bertz CT molecular complexity index is 1560. The molecule has 1 unspecified atom stereocenters. The number of carbonyl (C=O) groups is 2. The second kappa shape index (κ2) is 11.6. The van der Waals surface area contributed by atoms with Crippen LogP contribution in [0.3, 0.4) is 0 Å². The molecule has 15 heteroatoms. The first kappa shape index (κ1) is 27.1. The van der Waals surface area contributed by atoms with E-state index in [-0.39, 0.29) is 22.3 Å². The van der Waals surface area contributed by atoms with Gasteiger partial charge in [-0.25, -0.2) is 18.4 Å². The predicted molar refractivity (Wildman–Crippen MR) is 143 cm³/mol. The third-order valence-corrected chi connectivity index (χ3v) is 8.10. The second-order valence-electron chi connectivity index (χ2n) is 7.60. The summed E-state index contributed by atoms with van der Waals surface area (Å²) in [7, 11) is -2.20. The van der Waals surface area contributed by atoms with Gasteiger partial charge in [-0.1, -0.05) is 35.6 Å². The zero-order chi connectivity index (χ0) is 27.3. The van der Waals surface area contributed by atoms with Crippen LogP contribution in [0.1, 0.15) is 11.1 Å². The molecule has 198 valence electrons. The maximum Gasteiger partial charge on any atom is 0.315 e. The van der Waals surface area contributed by atoms with Gasteiger partial charge in [-0.3, -0.25) is 14.9 Å². The number of nitrogens with zero attached hydrogens (tertiary/aromatic N) is 2. The van der Waals surface area contributed by atoms with Gasteiger partial charge in [0.2, 0.25) is 0 Å². The molecule has 2 amide bonds. The first-order valence-corrected chi connectivity index (χ1v) is 14.4. The first-order valence-electron chi connectivity index (χ1n) is 10.8. The van der Waals surface area contributed by atoms with E-state index in [0.717, 1.165) is 29.4 Å². The predicted octanol–water partition coefficient (Wildman–Crippen LogP) is 3.40. The lowest BCUT2D eigenvalue weighted by Crippen LogP contribution is -2.29. The molecule has 0 aliphatic carbocycles. The molecule has 4 aromatic rings. The molecular formula is C23H22N6O6S3. The number of benzene rings is 2. The number of imidazole rings is 1. The highest BCUT2D eigenvalue weighted by atomic mass is 32.2. The SMILES string of the molecule is COc1ccccc1Oc1ccccc1NC(=O)C(=O)Nc1nc(C(N)S(C)(=O)=O)c(Sc2ncc[nH]2)s1. The molecule has 38 heavy (non-hydrogen) atoms. The van der Waals surface area contributed by atoms with E-state index in [1.165, 1.54) is 13.3 Å². The van der Waals surface area contributed by atoms with Gasteiger partial charge in [-0.2, -0.15) is 0 Å². The number of aromatic amines is 1. The maximum atomic E-state index is 12.7. The average molecular weight is 575 g/mol. The number of methoxy groups -OCH3 is 1. The van der Waals surface area contributed by atoms with Gasteiger partial charge in [-0.05, 0) is 36.0 Å². The molecule has 2 aromatic heterocycles. The topological polar surface area (TPSA) is 178 Å². The van der Waals surface area contributed by atoms with Crippen LogP contribution in [-0.2, 0) is 19.4 Å². The number of thiazole rings is 1. The zero-order valence-electron chi connectivity index (χ0n) is 20.0. The molecule has 2 aromatic carbocycles. The Balaban J connectivity index is 1.51. The van der Waals surface area contributed by atoms with E-state index in [1.807, 2.05) is 0 Å². The molecule has 12 nitrogen and oxygen atoms in total. The minimum atomic E-state index is -3.70. The van der Waals surface area contributed by atoms with Gasteiger partial charge >= 0.3 is 11.8 Å². The standard InChI is InChI=1S/C23H22N6O6S3/c1-34-15-9-5-6-10-16(15)35-14-8-4-3-7-13(14)27-19(30)20(31)29-23-28-17(18(24)38(2,32)33)21(37-23)36-22-25-11-12-26-22/h3-12,18H,24H2,1-2H3,(H,25,26)(H,27,30)(H,28,29,31). The Labute approximate surface area is 225 Å². The minimum absolute atomic E-state index is 0.00753. The summed E-state index contributed by atoms with van der Waals surface area (Å²) in [4.78, 5) is 36.6. The summed E-state index contributed by atoms with van der Waals surface area (Å²) in [6, 6.07) is 13.5. The monoisotopic (exact) mass is 574 g/mol. The lowest BCUT2D eigenvalue weighted by atomic mass is 10.2. The van der Waals surface area contributed by atoms with Gasteiger partial charge in [0, 0.05) is 18.6 Å². The molecule has 5 N–H and O–H groups in total. The van der Waals surface area contributed by atoms with E-state index >= 15 is 0 Å². The zero-order valence-corrected chi connectivity index (χ0v) is 22.4. The van der Waals surface area contributed by atoms with Crippen molar-refractivity contribution in [1.82, 2.24) is 15.0 Å². The van der Waals surface area contributed by atoms with Crippen LogP contribution in [0.15, 0.2) is 70.3 Å². The fraction of sp³-hybridized carbons (Fsp3) is 0.130. The van der Waals surface area contributed by atoms with Crippen LogP contribution in [-0.4, -0.2) is 48.5 Å². The third-order valence-electron chi connectivity index (χ3n) is 4.86. The number of nitrogens with one attached hydrogen (secondary N) is 3. The van der Waals surface area contributed by atoms with Gasteiger partial charge in [-0.15, -0.1) is 0 Å². The fourth-order valence-corrected chi connectivity index (χ4v) is 5.83. The van der Waals surface area contributed by atoms with Crippen molar-refractivity contribution in [2.24, 2.45) is 5.73 Å². The molecule has 2 heterocycles. The van der Waals surface area contributed by atoms with Gasteiger partial charge in [0.1, 0.15) is 5.69 Å². The Morgan fingerprint density at radius 2 is 1.71 bits per heavy atom. The summed E-state index contributed by atoms with van der Waals surface area (Å²) < 4.78 is 35.7. The van der Waals surface area contributed by atoms with Crippen molar-refractivity contribution >= 4 is 55.6 Å². The summed E-state index contributed by atoms with van der Waals surface area (Å²) in [6.07, 6.45) is 4.11. The molecule has 1 atom stereocenters. The van der Waals surface area contributed by atoms with E-state index in [0.29, 0.717) is 20.9 Å². The van der Waals surface area contributed by atoms with Gasteiger partial charge in [0.25, 0.3) is 0 Å². The fourth-order valence-electron chi connectivity index (χ4n) is 3.03. The van der Waals surface area contributed by atoms with E-state index in [4.69, 9.17) is 15.2 Å². The van der Waals surface area contributed by atoms with Crippen LogP contribution in [0.2, 0.25) is 0 Å². The van der Waals surface area contributed by atoms with Crippen molar-refractivity contribution in [2.75, 3.05) is 24.0 Å². The summed E-state index contributed by atoms with van der Waals surface area (Å²) in [5.41, 5.74) is 6.18. The number of anilines is 2. The smallest absolute Gasteiger partial charge is 0.315 e. The van der Waals surface area contributed by atoms with Crippen molar-refractivity contribution in [2.45, 2.75) is 14.7 Å². The van der Waals surface area contributed by atoms with E-state index in [1.54, 1.807) is 54.7 Å². The van der Waals surface area contributed by atoms with Crippen LogP contribution < -0.4 is 25.8 Å². The van der Waals surface area contributed by atoms with Crippen LogP contribution >= 0.6 is 23.1 Å². The Morgan fingerprint density at radius 1 is 1.05 bits per heavy atom. The number of amides is 2. The number of carbonyl (C=O) groups excluding carboxylic acids is 2. The van der Waals surface area contributed by atoms with Gasteiger partial charge in [0.15, 0.2) is 42.7 Å². The van der Waals surface area contributed by atoms with Crippen molar-refractivity contribution in [3.05, 3.63) is 66.6 Å². The third kappa shape index (κ3) is 6.49. The molecule has 0 radical (unpaired) electrons. The van der Waals surface area contributed by atoms with Crippen LogP contribution in [0.5, 0.6) is 17.2 Å². The highest BCUT2D eigenvalue weighted by Crippen LogP contribution is 2.39. The maximum absolute atomic E-state index is 12.7. The highest BCUT2D eigenvalue weighted by Gasteiger charge is 2.28. The summed E-state index contributed by atoms with van der Waals surface area (Å²) in [5.74, 6) is -0.835. The van der Waals surface area contributed by atoms with E-state index < -0.39 is 27.0 Å². The first-order chi connectivity index (χ1) is 18.2. The number of rotatable bonds is 9. The molecule has 0 saturated heterocycles. The Kier molecular flexibility index (Phi) is 8.31. The highest BCUT2D eigenvalue weighted by molar-refractivity contribution is 8.01. The lowest BCUT2D eigenvalue weighted by Gasteiger charge is -2.13. The minimum Gasteiger partial charge on any atom is -0.493 e. The normalized spacial score (nSPS) is 12.0. The average Bonchev–Trinajstić information content (AvgIpc) is 3.54. The lowest BCUT2D eigenvalue weighted by molar-refractivity contribution is -0.133. The van der Waals surface area contributed by atoms with E-state index in [9.17, 15) is 18.0 Å². The molecular weight excluding hydrogens is 552 g/mol. The molecule has 0 saturated carbocycles. The number of ether oxygens (including phenoxy) is 2. The van der Waals surface area contributed by atoms with Crippen molar-refractivity contribution in [1.29, 1.82) is 0 Å². The molecule has 0 aliphatic heterocycles. The summed E-state index contributed by atoms with van der Waals surface area (Å²) in [6.45, 7) is 0. The van der Waals surface area contributed by atoms with Crippen molar-refractivity contribution < 1.29 is 27.5 Å². The molecule has 0 fully saturated rings. The number of para-hydroxylation sites is 4. The van der Waals surface area contributed by atoms with Crippen molar-refractivity contribution in [3.8, 4) is 17.2 Å². The quantitative estimate of drug-likeness (QED) is 0.217. The van der Waals surface area contributed by atoms with Crippen LogP contribution in [0.25, 0.3) is 0 Å². The number of nitrogens with two attached hydrogens (primary N) is 1. The number of H-pyrrole nitrogens is 1. The van der Waals surface area contributed by atoms with Crippen molar-refractivity contribution in [3.63, 3.8) is 0 Å². The summed E-state index contributed by atoms with van der Waals surface area (Å²) in [5, 5.41) is 3.94. The second-order valence-corrected chi connectivity index (χ2v) is 12.0. The van der Waals surface area contributed by atoms with E-state index in [2.05, 4.69) is 25.6 Å². The van der Waals surface area contributed by atoms with Gasteiger partial charge in [0.05, 0.1) is 17.0 Å². The van der Waals surface area contributed by atoms with Crippen LogP contribution in [0, 0.1) is 0 Å². The van der Waals surface area contributed by atoms with Crippen LogP contribution in [0.4, 0.5) is 10.8 Å². The molecule has 0 spiro atoms. The summed E-state index contributed by atoms with van der Waals surface area (Å²) >= 11 is 2.06. The number of sulfone groups is 1. The van der Waals surface area contributed by atoms with Gasteiger partial charge < -0.3 is 25.5 Å². The Hall–Kier alpha value is -3.92. The molecule has 0 bridgehead atoms. The number of hydrogen-bond donors (Lipinski definition) is 4. The largest absolute Gasteiger partial charge is 0.493 e.